The van der Waals surface area contributed by atoms with Crippen LogP contribution in [0.1, 0.15) is 37.0 Å². The number of amides is 2. The Kier molecular flexibility index (Phi) is 12.0. The molecule has 10 heteroatoms. The minimum atomic E-state index is -4.22. The highest BCUT2D eigenvalue weighted by Gasteiger charge is 2.35. The van der Waals surface area contributed by atoms with Crippen molar-refractivity contribution in [2.24, 2.45) is 0 Å². The molecule has 2 amide bonds. The zero-order valence-electron chi connectivity index (χ0n) is 27.6. The molecule has 2 atom stereocenters. The van der Waals surface area contributed by atoms with Crippen LogP contribution in [0.5, 0.6) is 11.5 Å². The fourth-order valence-electron chi connectivity index (χ4n) is 5.08. The maximum absolute atomic E-state index is 14.6. The number of aryl methyl sites for hydroxylation is 1. The molecule has 9 nitrogen and oxygen atoms in total. The lowest BCUT2D eigenvalue weighted by Gasteiger charge is -2.34. The third kappa shape index (κ3) is 9.13. The predicted molar refractivity (Wildman–Crippen MR) is 184 cm³/mol. The highest BCUT2D eigenvalue weighted by molar-refractivity contribution is 7.92. The van der Waals surface area contributed by atoms with Gasteiger partial charge in [0.2, 0.25) is 11.8 Å². The Morgan fingerprint density at radius 3 is 2.06 bits per heavy atom. The maximum Gasteiger partial charge on any atom is 0.264 e. The molecule has 4 aromatic rings. The number of hydrogen-bond acceptors (Lipinski definition) is 6. The van der Waals surface area contributed by atoms with Crippen LogP contribution in [0.4, 0.5) is 5.69 Å². The van der Waals surface area contributed by atoms with Gasteiger partial charge in [0.15, 0.2) is 0 Å². The number of hydrogen-bond donors (Lipinski definition) is 1. The van der Waals surface area contributed by atoms with Crippen LogP contribution in [0.15, 0.2) is 108 Å². The molecule has 0 bridgehead atoms. The molecule has 4 aromatic carbocycles. The van der Waals surface area contributed by atoms with Gasteiger partial charge in [-0.05, 0) is 79.9 Å². The molecule has 0 unspecified atom stereocenters. The van der Waals surface area contributed by atoms with E-state index >= 15 is 0 Å². The van der Waals surface area contributed by atoms with Gasteiger partial charge in [-0.15, -0.1) is 0 Å². The largest absolute Gasteiger partial charge is 0.497 e. The van der Waals surface area contributed by atoms with Gasteiger partial charge in [-0.3, -0.25) is 13.9 Å². The van der Waals surface area contributed by atoms with Crippen LogP contribution in [-0.2, 0) is 32.6 Å². The number of carbonyl (C=O) groups excluding carboxylic acids is 2. The number of benzene rings is 4. The zero-order chi connectivity index (χ0) is 34.0. The third-order valence-corrected chi connectivity index (χ3v) is 9.80. The number of rotatable bonds is 15. The van der Waals surface area contributed by atoms with Gasteiger partial charge in [-0.1, -0.05) is 67.1 Å². The van der Waals surface area contributed by atoms with Gasteiger partial charge in [0.1, 0.15) is 24.1 Å². The first kappa shape index (κ1) is 35.0. The van der Waals surface area contributed by atoms with Gasteiger partial charge in [0.05, 0.1) is 24.8 Å². The van der Waals surface area contributed by atoms with Crippen molar-refractivity contribution in [1.82, 2.24) is 10.2 Å². The maximum atomic E-state index is 14.6. The summed E-state index contributed by atoms with van der Waals surface area (Å²) in [6, 6.07) is 28.6. The Bertz CT molecular complexity index is 1730. The van der Waals surface area contributed by atoms with Crippen LogP contribution >= 0.6 is 0 Å². The Hall–Kier alpha value is -4.83. The van der Waals surface area contributed by atoms with E-state index in [9.17, 15) is 18.0 Å². The number of nitrogens with zero attached hydrogens (tertiary/aromatic N) is 2. The first-order valence-corrected chi connectivity index (χ1v) is 17.0. The quantitative estimate of drug-likeness (QED) is 0.174. The Morgan fingerprint density at radius 1 is 0.809 bits per heavy atom. The highest BCUT2D eigenvalue weighted by Crippen LogP contribution is 2.27. The van der Waals surface area contributed by atoms with Crippen molar-refractivity contribution in [1.29, 1.82) is 0 Å². The zero-order valence-corrected chi connectivity index (χ0v) is 28.4. The second-order valence-corrected chi connectivity index (χ2v) is 13.3. The second kappa shape index (κ2) is 16.1. The Balaban J connectivity index is 1.81. The summed E-state index contributed by atoms with van der Waals surface area (Å²) >= 11 is 0. The summed E-state index contributed by atoms with van der Waals surface area (Å²) in [6.45, 7) is 5.29. The van der Waals surface area contributed by atoms with Crippen molar-refractivity contribution in [2.75, 3.05) is 25.1 Å². The molecule has 248 valence electrons. The molecule has 0 aliphatic carbocycles. The molecule has 4 rings (SSSR count). The lowest BCUT2D eigenvalue weighted by Crippen LogP contribution is -2.54. The Morgan fingerprint density at radius 2 is 1.45 bits per heavy atom. The summed E-state index contributed by atoms with van der Waals surface area (Å²) in [5, 5.41) is 3.05. The molecule has 0 saturated carbocycles. The average Bonchev–Trinajstić information content (AvgIpc) is 3.09. The molecule has 0 heterocycles. The molecular formula is C37H43N3O6S. The molecule has 1 N–H and O–H groups in total. The number of ether oxygens (including phenoxy) is 2. The Labute approximate surface area is 278 Å². The second-order valence-electron chi connectivity index (χ2n) is 11.4. The van der Waals surface area contributed by atoms with E-state index in [-0.39, 0.29) is 29.8 Å². The first-order chi connectivity index (χ1) is 22.5. The van der Waals surface area contributed by atoms with E-state index in [1.807, 2.05) is 63.2 Å². The van der Waals surface area contributed by atoms with E-state index in [0.717, 1.165) is 21.0 Å². The number of anilines is 1. The summed E-state index contributed by atoms with van der Waals surface area (Å²) in [5.41, 5.74) is 2.85. The van der Waals surface area contributed by atoms with E-state index in [4.69, 9.17) is 9.47 Å². The number of sulfonamides is 1. The summed E-state index contributed by atoms with van der Waals surface area (Å²) in [4.78, 5) is 30.1. The smallest absolute Gasteiger partial charge is 0.264 e. The van der Waals surface area contributed by atoms with Crippen molar-refractivity contribution >= 4 is 27.5 Å². The lowest BCUT2D eigenvalue weighted by molar-refractivity contribution is -0.140. The van der Waals surface area contributed by atoms with Crippen LogP contribution < -0.4 is 19.1 Å². The van der Waals surface area contributed by atoms with Crippen molar-refractivity contribution in [2.45, 2.75) is 57.1 Å². The topological polar surface area (TPSA) is 105 Å². The summed E-state index contributed by atoms with van der Waals surface area (Å²) < 4.78 is 40.2. The normalized spacial score (nSPS) is 12.4. The van der Waals surface area contributed by atoms with Crippen LogP contribution in [0.3, 0.4) is 0 Å². The van der Waals surface area contributed by atoms with Crippen molar-refractivity contribution in [3.8, 4) is 11.5 Å². The van der Waals surface area contributed by atoms with Gasteiger partial charge in [-0.2, -0.15) is 0 Å². The minimum Gasteiger partial charge on any atom is -0.497 e. The fourth-order valence-corrected chi connectivity index (χ4v) is 6.49. The van der Waals surface area contributed by atoms with Gasteiger partial charge in [0, 0.05) is 19.0 Å². The summed E-state index contributed by atoms with van der Waals surface area (Å²) in [7, 11) is -1.16. The molecule has 0 fully saturated rings. The first-order valence-electron chi connectivity index (χ1n) is 15.6. The van der Waals surface area contributed by atoms with Crippen LogP contribution in [0.25, 0.3) is 0 Å². The van der Waals surface area contributed by atoms with Crippen molar-refractivity contribution in [3.63, 3.8) is 0 Å². The van der Waals surface area contributed by atoms with Crippen molar-refractivity contribution < 1.29 is 27.5 Å². The molecule has 0 spiro atoms. The van der Waals surface area contributed by atoms with Gasteiger partial charge in [-0.25, -0.2) is 8.42 Å². The lowest BCUT2D eigenvalue weighted by atomic mass is 10.0. The van der Waals surface area contributed by atoms with Crippen molar-refractivity contribution in [3.05, 3.63) is 120 Å². The predicted octanol–water partition coefficient (Wildman–Crippen LogP) is 5.76. The molecule has 47 heavy (non-hydrogen) atoms. The van der Waals surface area contributed by atoms with Gasteiger partial charge >= 0.3 is 0 Å². The van der Waals surface area contributed by atoms with Crippen LogP contribution in [0.2, 0.25) is 0 Å². The number of nitrogens with one attached hydrogen (secondary N) is 1. The number of methoxy groups -OCH3 is 2. The van der Waals surface area contributed by atoms with E-state index in [1.165, 1.54) is 24.1 Å². The molecule has 0 aromatic heterocycles. The van der Waals surface area contributed by atoms with Gasteiger partial charge in [0.25, 0.3) is 10.0 Å². The average molecular weight is 658 g/mol. The molecule has 0 radical (unpaired) electrons. The SMILES string of the molecule is CC[C@@H](C)NC(=O)[C@H](Cc1ccccc1)N(Cc1cccc(OC)c1)C(=O)CN(c1ccc(C)cc1)S(=O)(=O)c1ccc(OC)cc1. The summed E-state index contributed by atoms with van der Waals surface area (Å²) in [5.74, 6) is 0.245. The number of carbonyl (C=O) groups is 2. The monoisotopic (exact) mass is 657 g/mol. The van der Waals surface area contributed by atoms with E-state index in [1.54, 1.807) is 55.6 Å². The molecule has 0 aliphatic rings. The molecule has 0 saturated heterocycles. The minimum absolute atomic E-state index is 0.00127. The van der Waals surface area contributed by atoms with E-state index in [0.29, 0.717) is 23.6 Å². The van der Waals surface area contributed by atoms with Crippen LogP contribution in [0, 0.1) is 6.92 Å². The molecular weight excluding hydrogens is 614 g/mol. The van der Waals surface area contributed by atoms with Crippen LogP contribution in [-0.4, -0.2) is 58.0 Å². The van der Waals surface area contributed by atoms with E-state index < -0.39 is 28.5 Å². The fraction of sp³-hybridized carbons (Fsp3) is 0.297. The molecule has 0 aliphatic heterocycles. The summed E-state index contributed by atoms with van der Waals surface area (Å²) in [6.07, 6.45) is 0.934. The van der Waals surface area contributed by atoms with E-state index in [2.05, 4.69) is 5.32 Å². The van der Waals surface area contributed by atoms with Gasteiger partial charge < -0.3 is 19.7 Å². The standard InChI is InChI=1S/C37H43N3O6S/c1-6-28(3)38-37(42)35(24-29-11-8-7-9-12-29)39(25-30-13-10-14-33(23-30)46-5)36(41)26-40(31-17-15-27(2)16-18-31)47(43,44)34-21-19-32(45-4)20-22-34/h7-23,28,35H,6,24-26H2,1-5H3,(H,38,42)/t28-,35+/m1/s1. The highest BCUT2D eigenvalue weighted by atomic mass is 32.2. The third-order valence-electron chi connectivity index (χ3n) is 8.01.